The van der Waals surface area contributed by atoms with Crippen LogP contribution >= 0.6 is 23.2 Å². The number of carbonyl (C=O) groups is 2. The molecule has 2 amide bonds. The second kappa shape index (κ2) is 8.43. The maximum atomic E-state index is 14.2. The van der Waals surface area contributed by atoms with Crippen molar-refractivity contribution in [1.82, 2.24) is 19.6 Å². The fourth-order valence-corrected chi connectivity index (χ4v) is 4.39. The van der Waals surface area contributed by atoms with Crippen molar-refractivity contribution in [3.8, 4) is 0 Å². The molecule has 0 spiro atoms. The van der Waals surface area contributed by atoms with Gasteiger partial charge in [-0.2, -0.15) is 17.9 Å². The van der Waals surface area contributed by atoms with Crippen LogP contribution in [0.15, 0.2) is 40.3 Å². The van der Waals surface area contributed by atoms with Gasteiger partial charge in [0.15, 0.2) is 0 Å². The Morgan fingerprint density at radius 2 is 1.82 bits per heavy atom. The monoisotopic (exact) mass is 504 g/mol. The van der Waals surface area contributed by atoms with Crippen LogP contribution in [0.3, 0.4) is 0 Å². The molecule has 14 heteroatoms. The van der Waals surface area contributed by atoms with Gasteiger partial charge in [-0.25, -0.2) is 9.48 Å². The molecule has 2 aliphatic rings. The summed E-state index contributed by atoms with van der Waals surface area (Å²) in [6.07, 6.45) is -5.00. The molecule has 1 aromatic carbocycles. The Kier molecular flexibility index (Phi) is 5.93. The number of nitrogens with two attached hydrogens (primary N) is 1. The Bertz CT molecular complexity index is 1230. The third-order valence-electron chi connectivity index (χ3n) is 5.37. The fourth-order valence-electron chi connectivity index (χ4n) is 3.98. The zero-order valence-corrected chi connectivity index (χ0v) is 18.3. The van der Waals surface area contributed by atoms with Crippen molar-refractivity contribution in [3.05, 3.63) is 61.5 Å². The van der Waals surface area contributed by atoms with Gasteiger partial charge in [0.2, 0.25) is 0 Å². The zero-order valence-electron chi connectivity index (χ0n) is 16.7. The number of nitrogens with one attached hydrogen (secondary N) is 2. The molecule has 1 saturated heterocycles. The maximum Gasteiger partial charge on any atom is 0.431 e. The number of fused-ring (bicyclic) bond motifs is 1. The summed E-state index contributed by atoms with van der Waals surface area (Å²) < 4.78 is 43.9. The third-order valence-corrected chi connectivity index (χ3v) is 6.21. The van der Waals surface area contributed by atoms with Gasteiger partial charge in [0.1, 0.15) is 17.6 Å². The predicted octanol–water partition coefficient (Wildman–Crippen LogP) is 2.15. The topological polar surface area (TPSA) is 114 Å². The smallest absolute Gasteiger partial charge is 0.350 e. The van der Waals surface area contributed by atoms with Crippen LogP contribution in [0.4, 0.5) is 23.8 Å². The molecular formula is C19H17Cl2F3N6O3. The highest BCUT2D eigenvalue weighted by Gasteiger charge is 2.48. The van der Waals surface area contributed by atoms with Crippen molar-refractivity contribution in [2.75, 3.05) is 31.5 Å². The van der Waals surface area contributed by atoms with E-state index in [0.29, 0.717) is 17.8 Å². The molecule has 1 aromatic heterocycles. The summed E-state index contributed by atoms with van der Waals surface area (Å²) in [6, 6.07) is 2.12. The van der Waals surface area contributed by atoms with Crippen molar-refractivity contribution < 1.29 is 22.8 Å². The molecule has 0 aliphatic carbocycles. The minimum absolute atomic E-state index is 0.0110. The Morgan fingerprint density at radius 1 is 1.15 bits per heavy atom. The molecule has 0 bridgehead atoms. The number of amides is 2. The molecule has 176 valence electrons. The van der Waals surface area contributed by atoms with E-state index in [9.17, 15) is 27.6 Å². The lowest BCUT2D eigenvalue weighted by Gasteiger charge is -2.36. The van der Waals surface area contributed by atoms with Crippen LogP contribution in [0.2, 0.25) is 10.0 Å². The average Bonchev–Trinajstić information content (AvgIpc) is 3.10. The van der Waals surface area contributed by atoms with Crippen molar-refractivity contribution in [3.63, 3.8) is 0 Å². The number of hydrogen-bond donors (Lipinski definition) is 3. The van der Waals surface area contributed by atoms with Crippen LogP contribution in [0.25, 0.3) is 0 Å². The van der Waals surface area contributed by atoms with E-state index >= 15 is 0 Å². The molecule has 2 aromatic rings. The summed E-state index contributed by atoms with van der Waals surface area (Å²) in [6.45, 7) is 1.09. The van der Waals surface area contributed by atoms with Gasteiger partial charge in [0, 0.05) is 37.8 Å². The molecule has 1 fully saturated rings. The van der Waals surface area contributed by atoms with E-state index in [2.05, 4.69) is 10.6 Å². The molecule has 1 unspecified atom stereocenters. The molecule has 0 radical (unpaired) electrons. The minimum Gasteiger partial charge on any atom is -0.350 e. The zero-order chi connectivity index (χ0) is 24.1. The average molecular weight is 505 g/mol. The van der Waals surface area contributed by atoms with E-state index in [0.717, 1.165) is 10.7 Å². The van der Waals surface area contributed by atoms with E-state index in [1.165, 1.54) is 23.1 Å². The summed E-state index contributed by atoms with van der Waals surface area (Å²) in [5, 5.41) is 5.00. The Labute approximate surface area is 194 Å². The Balaban J connectivity index is 2.06. The lowest BCUT2D eigenvalue weighted by Crippen LogP contribution is -2.50. The first-order valence-electron chi connectivity index (χ1n) is 9.69. The number of aromatic nitrogens is 2. The van der Waals surface area contributed by atoms with Crippen LogP contribution in [-0.4, -0.2) is 58.6 Å². The van der Waals surface area contributed by atoms with Crippen LogP contribution in [0.1, 0.15) is 11.6 Å². The van der Waals surface area contributed by atoms with E-state index in [-0.39, 0.29) is 34.5 Å². The van der Waals surface area contributed by atoms with Crippen LogP contribution in [0, 0.1) is 0 Å². The molecule has 0 saturated carbocycles. The number of primary amides is 1. The van der Waals surface area contributed by atoms with Crippen LogP contribution < -0.4 is 21.9 Å². The fraction of sp³-hybridized carbons (Fsp3) is 0.316. The molecule has 2 aliphatic heterocycles. The van der Waals surface area contributed by atoms with Crippen LogP contribution in [-0.2, 0) is 4.79 Å². The number of hydrogen-bond acceptors (Lipinski definition) is 5. The number of alkyl halides is 3. The van der Waals surface area contributed by atoms with Crippen molar-refractivity contribution in [1.29, 1.82) is 0 Å². The highest BCUT2D eigenvalue weighted by molar-refractivity contribution is 6.42. The first kappa shape index (κ1) is 23.2. The van der Waals surface area contributed by atoms with Gasteiger partial charge >= 0.3 is 12.2 Å². The third kappa shape index (κ3) is 3.98. The summed E-state index contributed by atoms with van der Waals surface area (Å²) in [4.78, 5) is 39.3. The van der Waals surface area contributed by atoms with Gasteiger partial charge in [-0.3, -0.25) is 9.59 Å². The largest absolute Gasteiger partial charge is 0.431 e. The van der Waals surface area contributed by atoms with Crippen molar-refractivity contribution >= 4 is 41.0 Å². The number of anilines is 1. The van der Waals surface area contributed by atoms with E-state index < -0.39 is 41.0 Å². The van der Waals surface area contributed by atoms with Crippen LogP contribution in [0.5, 0.6) is 0 Å². The standard InChI is InChI=1S/C19H17Cl2F3N6O3/c20-10-3-1-2-9(14(10)21)15-13(17(32)28-6-4-26-5-7-28)16(19(22,23)24)27-11-8-12(31)30(18(25)33)29(11)15/h1-3,8,15,26-27H,4-7H2,(H2,25,33). The summed E-state index contributed by atoms with van der Waals surface area (Å²) in [7, 11) is 0. The van der Waals surface area contributed by atoms with Gasteiger partial charge in [-0.1, -0.05) is 35.3 Å². The number of nitrogens with zero attached hydrogens (tertiary/aromatic N) is 3. The lowest BCUT2D eigenvalue weighted by atomic mass is 9.93. The van der Waals surface area contributed by atoms with Gasteiger partial charge in [-0.15, -0.1) is 0 Å². The summed E-state index contributed by atoms with van der Waals surface area (Å²) in [5.74, 6) is -1.32. The highest BCUT2D eigenvalue weighted by Crippen LogP contribution is 2.44. The van der Waals surface area contributed by atoms with E-state index in [1.807, 2.05) is 0 Å². The second-order valence-electron chi connectivity index (χ2n) is 7.36. The van der Waals surface area contributed by atoms with E-state index in [4.69, 9.17) is 28.9 Å². The highest BCUT2D eigenvalue weighted by atomic mass is 35.5. The Hall–Kier alpha value is -2.96. The number of allylic oxidation sites excluding steroid dienone is 1. The Morgan fingerprint density at radius 3 is 2.42 bits per heavy atom. The SMILES string of the molecule is NC(=O)n1c(=O)cc2n1C(c1cccc(Cl)c1Cl)C(C(=O)N1CCNCC1)=C(C(F)(F)F)N2. The molecule has 4 rings (SSSR count). The molecule has 4 N–H and O–H groups in total. The molecule has 9 nitrogen and oxygen atoms in total. The molecule has 1 atom stereocenters. The number of benzene rings is 1. The maximum absolute atomic E-state index is 14.2. The number of halogens is 5. The van der Waals surface area contributed by atoms with Crippen molar-refractivity contribution in [2.45, 2.75) is 12.2 Å². The van der Waals surface area contributed by atoms with E-state index in [1.54, 1.807) is 0 Å². The van der Waals surface area contributed by atoms with Gasteiger partial charge in [-0.05, 0) is 6.07 Å². The van der Waals surface area contributed by atoms with Gasteiger partial charge < -0.3 is 21.3 Å². The van der Waals surface area contributed by atoms with Gasteiger partial charge in [0.25, 0.3) is 11.5 Å². The normalized spacial score (nSPS) is 18.7. The molecular weight excluding hydrogens is 488 g/mol. The van der Waals surface area contributed by atoms with Gasteiger partial charge in [0.05, 0.1) is 15.6 Å². The predicted molar refractivity (Wildman–Crippen MR) is 114 cm³/mol. The summed E-state index contributed by atoms with van der Waals surface area (Å²) >= 11 is 12.5. The number of piperazine rings is 1. The quantitative estimate of drug-likeness (QED) is 0.579. The number of carbonyl (C=O) groups excluding carboxylic acids is 2. The first-order chi connectivity index (χ1) is 15.5. The number of rotatable bonds is 2. The molecule has 33 heavy (non-hydrogen) atoms. The minimum atomic E-state index is -5.00. The summed E-state index contributed by atoms with van der Waals surface area (Å²) in [5.41, 5.74) is 2.24. The second-order valence-corrected chi connectivity index (χ2v) is 8.15. The first-order valence-corrected chi connectivity index (χ1v) is 10.4. The lowest BCUT2D eigenvalue weighted by molar-refractivity contribution is -0.129. The molecule has 3 heterocycles. The van der Waals surface area contributed by atoms with Crippen molar-refractivity contribution in [2.24, 2.45) is 5.73 Å².